The van der Waals surface area contributed by atoms with Crippen molar-refractivity contribution in [1.29, 1.82) is 0 Å². The second-order valence-electron chi connectivity index (χ2n) is 4.05. The highest BCUT2D eigenvalue weighted by Crippen LogP contribution is 2.12. The van der Waals surface area contributed by atoms with Gasteiger partial charge in [0.1, 0.15) is 0 Å². The molecule has 0 saturated carbocycles. The summed E-state index contributed by atoms with van der Waals surface area (Å²) < 4.78 is 0. The maximum absolute atomic E-state index is 4.19. The summed E-state index contributed by atoms with van der Waals surface area (Å²) in [7, 11) is 0. The third-order valence-electron chi connectivity index (χ3n) is 3.15. The van der Waals surface area contributed by atoms with Crippen molar-refractivity contribution in [3.63, 3.8) is 0 Å². The molecule has 0 amide bonds. The minimum Gasteiger partial charge on any atom is -0.0905 e. The van der Waals surface area contributed by atoms with Gasteiger partial charge >= 0.3 is 0 Å². The Morgan fingerprint density at radius 1 is 0.455 bits per heavy atom. The Morgan fingerprint density at radius 2 is 0.636 bits per heavy atom. The van der Waals surface area contributed by atoms with E-state index >= 15 is 0 Å². The van der Waals surface area contributed by atoms with E-state index in [9.17, 15) is 0 Å². The minimum atomic E-state index is 1.10. The largest absolute Gasteiger partial charge is 0.0905 e. The van der Waals surface area contributed by atoms with Crippen LogP contribution in [-0.2, 0) is 0 Å². The van der Waals surface area contributed by atoms with Crippen molar-refractivity contribution in [1.82, 2.24) is 0 Å². The molecule has 0 fully saturated rings. The molecule has 0 N–H and O–H groups in total. The van der Waals surface area contributed by atoms with Crippen molar-refractivity contribution in [3.05, 3.63) is 59.0 Å². The van der Waals surface area contributed by atoms with Crippen molar-refractivity contribution in [2.75, 3.05) is 0 Å². The quantitative estimate of drug-likeness (QED) is 0.453. The lowest BCUT2D eigenvalue weighted by atomic mass is 9.99. The van der Waals surface area contributed by atoms with Gasteiger partial charge < -0.3 is 0 Å². The summed E-state index contributed by atoms with van der Waals surface area (Å²) in [5, 5.41) is 6.99. The van der Waals surface area contributed by atoms with Crippen molar-refractivity contribution >= 4 is 34.7 Å². The standard InChI is InChI=1S/C16H12.3C2H6/c1-11-13-7-3-5-9-15(13)12(2)16-10-6-4-8-14(11)16;3*1-2/h3-10H,1-2H2;3*1-2H3. The van der Waals surface area contributed by atoms with Crippen molar-refractivity contribution < 1.29 is 0 Å². The van der Waals surface area contributed by atoms with E-state index in [1.54, 1.807) is 0 Å². The van der Waals surface area contributed by atoms with Gasteiger partial charge in [0.05, 0.1) is 0 Å². The first-order chi connectivity index (χ1) is 10.8. The highest BCUT2D eigenvalue weighted by atomic mass is 14.0. The van der Waals surface area contributed by atoms with Crippen LogP contribution >= 0.6 is 0 Å². The number of fused-ring (bicyclic) bond motifs is 2. The summed E-state index contributed by atoms with van der Waals surface area (Å²) in [6.45, 7) is 20.4. The summed E-state index contributed by atoms with van der Waals surface area (Å²) >= 11 is 0. The normalized spacial score (nSPS) is 8.82. The molecule has 0 nitrogen and oxygen atoms in total. The molecular formula is C22H30. The Kier molecular flexibility index (Phi) is 9.61. The smallest absolute Gasteiger partial charge is 0.0105 e. The van der Waals surface area contributed by atoms with E-state index in [1.165, 1.54) is 21.5 Å². The van der Waals surface area contributed by atoms with Crippen molar-refractivity contribution in [3.8, 4) is 0 Å². The maximum Gasteiger partial charge on any atom is -0.0105 e. The van der Waals surface area contributed by atoms with Gasteiger partial charge in [-0.1, -0.05) is 103 Å². The zero-order chi connectivity index (χ0) is 17.1. The zero-order valence-corrected chi connectivity index (χ0v) is 15.0. The molecule has 3 aromatic rings. The van der Waals surface area contributed by atoms with Gasteiger partial charge in [0.15, 0.2) is 0 Å². The van der Waals surface area contributed by atoms with Gasteiger partial charge in [0.25, 0.3) is 0 Å². The molecule has 0 atom stereocenters. The molecule has 0 aliphatic carbocycles. The summed E-state index contributed by atoms with van der Waals surface area (Å²) in [6, 6.07) is 16.6. The van der Waals surface area contributed by atoms with Crippen LogP contribution in [0.15, 0.2) is 48.5 Å². The van der Waals surface area contributed by atoms with Crippen LogP contribution in [0.2, 0.25) is 0 Å². The SMILES string of the molecule is C=c1c2ccccc2c(=C)c2ccccc12.CC.CC.CC. The number of benzene rings is 3. The highest BCUT2D eigenvalue weighted by molar-refractivity contribution is 5.99. The van der Waals surface area contributed by atoms with E-state index in [0.29, 0.717) is 0 Å². The monoisotopic (exact) mass is 294 g/mol. The molecule has 0 aromatic heterocycles. The highest BCUT2D eigenvalue weighted by Gasteiger charge is 2.01. The molecule has 0 saturated heterocycles. The van der Waals surface area contributed by atoms with Crippen LogP contribution in [0.25, 0.3) is 34.7 Å². The number of rotatable bonds is 0. The van der Waals surface area contributed by atoms with Crippen molar-refractivity contribution in [2.24, 2.45) is 0 Å². The molecule has 3 rings (SSSR count). The Morgan fingerprint density at radius 3 is 0.818 bits per heavy atom. The van der Waals surface area contributed by atoms with Gasteiger partial charge in [-0.2, -0.15) is 0 Å². The first-order valence-corrected chi connectivity index (χ1v) is 8.36. The average molecular weight is 294 g/mol. The van der Waals surface area contributed by atoms with Gasteiger partial charge in [-0.05, 0) is 32.0 Å². The van der Waals surface area contributed by atoms with E-state index in [4.69, 9.17) is 0 Å². The van der Waals surface area contributed by atoms with Crippen molar-refractivity contribution in [2.45, 2.75) is 41.5 Å². The fourth-order valence-electron chi connectivity index (χ4n) is 2.31. The van der Waals surface area contributed by atoms with E-state index in [0.717, 1.165) is 10.4 Å². The van der Waals surface area contributed by atoms with Gasteiger partial charge in [0.2, 0.25) is 0 Å². The third kappa shape index (κ3) is 3.98. The Hall–Kier alpha value is -2.08. The summed E-state index contributed by atoms with van der Waals surface area (Å²) in [5.74, 6) is 0. The maximum atomic E-state index is 4.19. The number of hydrogen-bond donors (Lipinski definition) is 0. The summed E-state index contributed by atoms with van der Waals surface area (Å²) in [6.07, 6.45) is 0. The molecule has 0 unspecified atom stereocenters. The average Bonchev–Trinajstić information content (AvgIpc) is 2.65. The van der Waals surface area contributed by atoms with Crippen LogP contribution in [-0.4, -0.2) is 0 Å². The van der Waals surface area contributed by atoms with E-state index < -0.39 is 0 Å². The predicted molar refractivity (Wildman–Crippen MR) is 106 cm³/mol. The summed E-state index contributed by atoms with van der Waals surface area (Å²) in [4.78, 5) is 0. The van der Waals surface area contributed by atoms with E-state index in [2.05, 4.69) is 37.4 Å². The van der Waals surface area contributed by atoms with Crippen LogP contribution < -0.4 is 10.4 Å². The lowest BCUT2D eigenvalue weighted by molar-refractivity contribution is 1.50. The zero-order valence-electron chi connectivity index (χ0n) is 15.0. The molecule has 0 radical (unpaired) electrons. The second kappa shape index (κ2) is 10.6. The molecular weight excluding hydrogens is 264 g/mol. The van der Waals surface area contributed by atoms with Crippen LogP contribution in [0.1, 0.15) is 41.5 Å². The fraction of sp³-hybridized carbons (Fsp3) is 0.273. The minimum absolute atomic E-state index is 1.10. The molecule has 3 aromatic carbocycles. The Balaban J connectivity index is 0.000000661. The molecule has 0 spiro atoms. The summed E-state index contributed by atoms with van der Waals surface area (Å²) in [5.41, 5.74) is 0. The van der Waals surface area contributed by atoms with E-state index in [-0.39, 0.29) is 0 Å². The van der Waals surface area contributed by atoms with Crippen LogP contribution in [0.4, 0.5) is 0 Å². The molecule has 0 heteroatoms. The topological polar surface area (TPSA) is 0 Å². The van der Waals surface area contributed by atoms with Gasteiger partial charge in [-0.25, -0.2) is 0 Å². The lowest BCUT2D eigenvalue weighted by Gasteiger charge is -2.05. The van der Waals surface area contributed by atoms with Crippen LogP contribution in [0.3, 0.4) is 0 Å². The first-order valence-electron chi connectivity index (χ1n) is 8.36. The van der Waals surface area contributed by atoms with E-state index in [1.807, 2.05) is 65.8 Å². The molecule has 0 aliphatic heterocycles. The second-order valence-corrected chi connectivity index (χ2v) is 4.05. The molecule has 0 aliphatic rings. The molecule has 0 heterocycles. The molecule has 0 bridgehead atoms. The molecule has 22 heavy (non-hydrogen) atoms. The van der Waals surface area contributed by atoms with Crippen LogP contribution in [0.5, 0.6) is 0 Å². The Bertz CT molecular complexity index is 651. The van der Waals surface area contributed by atoms with Gasteiger partial charge in [-0.15, -0.1) is 0 Å². The predicted octanol–water partition coefficient (Wildman–Crippen LogP) is 5.89. The van der Waals surface area contributed by atoms with Gasteiger partial charge in [-0.3, -0.25) is 0 Å². The van der Waals surface area contributed by atoms with Gasteiger partial charge in [0, 0.05) is 0 Å². The first kappa shape index (κ1) is 19.9. The Labute approximate surface area is 135 Å². The number of hydrogen-bond acceptors (Lipinski definition) is 0. The third-order valence-corrected chi connectivity index (χ3v) is 3.15. The fourth-order valence-corrected chi connectivity index (χ4v) is 2.31. The lowest BCUT2D eigenvalue weighted by Crippen LogP contribution is -2.11. The van der Waals surface area contributed by atoms with Crippen LogP contribution in [0, 0.1) is 0 Å². The molecule has 118 valence electrons.